The lowest BCUT2D eigenvalue weighted by atomic mass is 9.75. The van der Waals surface area contributed by atoms with Gasteiger partial charge in [0.15, 0.2) is 9.84 Å². The van der Waals surface area contributed by atoms with Gasteiger partial charge in [-0.05, 0) is 37.5 Å². The third-order valence-corrected chi connectivity index (χ3v) is 10.6. The maximum atomic E-state index is 14.1. The molecule has 2 unspecified atom stereocenters. The summed E-state index contributed by atoms with van der Waals surface area (Å²) in [4.78, 5) is 24.7. The highest BCUT2D eigenvalue weighted by molar-refractivity contribution is 7.92. The second kappa shape index (κ2) is 9.29. The number of carbonyl (C=O) groups excluding carboxylic acids is 1. The zero-order chi connectivity index (χ0) is 29.2. The molecule has 0 radical (unpaired) electrons. The molecule has 0 aromatic heterocycles. The van der Waals surface area contributed by atoms with Crippen molar-refractivity contribution in [2.75, 3.05) is 25.1 Å². The third-order valence-electron chi connectivity index (χ3n) is 8.40. The first-order valence-electron chi connectivity index (χ1n) is 12.0. The topological polar surface area (TPSA) is 151 Å². The second-order valence-electron chi connectivity index (χ2n) is 10.4. The molecule has 39 heavy (non-hydrogen) atoms. The maximum Gasteiger partial charge on any atom is 0.417 e. The van der Waals surface area contributed by atoms with E-state index in [1.54, 1.807) is 6.07 Å². The number of carboxylic acids is 1. The van der Waals surface area contributed by atoms with Crippen LogP contribution in [0, 0.1) is 28.1 Å². The van der Waals surface area contributed by atoms with E-state index in [1.165, 1.54) is 4.90 Å². The van der Waals surface area contributed by atoms with Crippen LogP contribution in [0.5, 0.6) is 0 Å². The number of halogens is 5. The van der Waals surface area contributed by atoms with Crippen LogP contribution in [-0.4, -0.2) is 62.9 Å². The molecule has 3 N–H and O–H groups in total. The lowest BCUT2D eigenvalue weighted by Crippen LogP contribution is -2.44. The van der Waals surface area contributed by atoms with Crippen molar-refractivity contribution in [3.63, 3.8) is 0 Å². The molecule has 4 rings (SSSR count). The molecule has 2 saturated carbocycles. The molecular weight excluding hydrogens is 553 g/mol. The molecule has 5 atom stereocenters. The first-order chi connectivity index (χ1) is 18.0. The number of carbonyl (C=O) groups is 2. The number of rotatable bonds is 7. The Bertz CT molecular complexity index is 1340. The van der Waals surface area contributed by atoms with Crippen molar-refractivity contribution in [1.29, 1.82) is 5.26 Å². The summed E-state index contributed by atoms with van der Waals surface area (Å²) in [6.45, 7) is -0.449. The predicted molar refractivity (Wildman–Crippen MR) is 124 cm³/mol. The smallest absolute Gasteiger partial charge is 0.417 e. The monoisotopic (exact) mass is 579 g/mol. The van der Waals surface area contributed by atoms with Gasteiger partial charge in [0, 0.05) is 44.6 Å². The largest absolute Gasteiger partial charge is 0.481 e. The van der Waals surface area contributed by atoms with Crippen LogP contribution in [0.25, 0.3) is 0 Å². The van der Waals surface area contributed by atoms with Crippen molar-refractivity contribution < 1.29 is 49.8 Å². The molecule has 15 heteroatoms. The second-order valence-corrected chi connectivity index (χ2v) is 12.6. The van der Waals surface area contributed by atoms with Crippen LogP contribution in [0.4, 0.5) is 27.6 Å². The number of nitrogens with zero attached hydrogens (tertiary/aromatic N) is 2. The van der Waals surface area contributed by atoms with Crippen LogP contribution in [0.3, 0.4) is 0 Å². The molecule has 2 aliphatic carbocycles. The number of piperidine rings is 1. The van der Waals surface area contributed by atoms with E-state index < -0.39 is 98.1 Å². The fraction of sp³-hybridized carbons (Fsp3) is 0.625. The fourth-order valence-corrected chi connectivity index (χ4v) is 8.14. The van der Waals surface area contributed by atoms with Crippen molar-refractivity contribution >= 4 is 27.4 Å². The summed E-state index contributed by atoms with van der Waals surface area (Å²) in [7, 11) is -3.73. The summed E-state index contributed by atoms with van der Waals surface area (Å²) in [6, 6.07) is 4.17. The number of nitrogens with two attached hydrogens (primary N) is 1. The number of hydrogen-bond acceptors (Lipinski definition) is 7. The quantitative estimate of drug-likeness (QED) is 0.468. The summed E-state index contributed by atoms with van der Waals surface area (Å²) < 4.78 is 102. The van der Waals surface area contributed by atoms with E-state index in [2.05, 4.69) is 0 Å². The van der Waals surface area contributed by atoms with Gasteiger partial charge in [0.1, 0.15) is 10.8 Å². The summed E-state index contributed by atoms with van der Waals surface area (Å²) >= 11 is 0. The average Bonchev–Trinajstić information content (AvgIpc) is 3.48. The Labute approximate surface area is 220 Å². The van der Waals surface area contributed by atoms with E-state index in [0.717, 1.165) is 19.2 Å². The zero-order valence-electron chi connectivity index (χ0n) is 20.7. The number of amides is 1. The molecule has 1 aromatic rings. The van der Waals surface area contributed by atoms with Gasteiger partial charge in [0.2, 0.25) is 5.91 Å². The minimum absolute atomic E-state index is 0.0731. The van der Waals surface area contributed by atoms with Crippen LogP contribution >= 0.6 is 0 Å². The van der Waals surface area contributed by atoms with Crippen molar-refractivity contribution in [3.05, 3.63) is 23.8 Å². The van der Waals surface area contributed by atoms with Gasteiger partial charge < -0.3 is 20.5 Å². The van der Waals surface area contributed by atoms with Crippen LogP contribution in [-0.2, 0) is 30.3 Å². The maximum absolute atomic E-state index is 14.1. The van der Waals surface area contributed by atoms with Gasteiger partial charge in [-0.15, -0.1) is 0 Å². The molecule has 3 aliphatic rings. The SMILES string of the molecule is CO[C@H]1C[C@@H](S(=O)(=O)c2ccc(N3CCC(F)(F)CC3)cc2C(F)(F)F)C[C@]1(C(=O)O)C1CC1(C#N)C(N)=O. The number of ether oxygens (including phenoxy) is 1. The average molecular weight is 580 g/mol. The third kappa shape index (κ3) is 4.61. The standard InChI is InChI=1S/C24H26F5N3O6S/c1-38-18-9-14(10-23(18,20(34)35)17-11-21(17,12-30)19(31)33)39(36,37)16-3-2-13(8-15(16)24(27,28)29)32-6-4-22(25,26)5-7-32/h2-3,8,14,17-18H,4-7,9-11H2,1H3,(H2,31,33)(H,34,35)/t14-,17?,18+,21?,23+/m1/s1. The highest BCUT2D eigenvalue weighted by atomic mass is 32.2. The van der Waals surface area contributed by atoms with Gasteiger partial charge in [-0.3, -0.25) is 9.59 Å². The summed E-state index contributed by atoms with van der Waals surface area (Å²) in [5.74, 6) is -6.77. The van der Waals surface area contributed by atoms with E-state index in [0.29, 0.717) is 6.07 Å². The molecule has 1 saturated heterocycles. The van der Waals surface area contributed by atoms with E-state index in [-0.39, 0.29) is 25.2 Å². The number of nitriles is 1. The zero-order valence-corrected chi connectivity index (χ0v) is 21.5. The summed E-state index contributed by atoms with van der Waals surface area (Å²) in [6.07, 6.45) is -9.06. The van der Waals surface area contributed by atoms with Crippen molar-refractivity contribution in [1.82, 2.24) is 0 Å². The van der Waals surface area contributed by atoms with Crippen molar-refractivity contribution in [2.45, 2.75) is 60.5 Å². The van der Waals surface area contributed by atoms with Gasteiger partial charge in [-0.25, -0.2) is 17.2 Å². The normalized spacial score (nSPS) is 32.4. The molecule has 9 nitrogen and oxygen atoms in total. The Kier molecular flexibility index (Phi) is 6.91. The first kappa shape index (κ1) is 29.0. The minimum atomic E-state index is -5.14. The lowest BCUT2D eigenvalue weighted by molar-refractivity contribution is -0.159. The Hall–Kier alpha value is -2.99. The lowest BCUT2D eigenvalue weighted by Gasteiger charge is -2.34. The number of alkyl halides is 5. The first-order valence-corrected chi connectivity index (χ1v) is 13.6. The van der Waals surface area contributed by atoms with E-state index in [9.17, 15) is 50.3 Å². The number of carboxylic acid groups (broad SMARTS) is 1. The van der Waals surface area contributed by atoms with Gasteiger partial charge in [0.05, 0.1) is 27.9 Å². The number of sulfone groups is 1. The van der Waals surface area contributed by atoms with Crippen molar-refractivity contribution in [3.8, 4) is 6.07 Å². The summed E-state index contributed by atoms with van der Waals surface area (Å²) in [5, 5.41) is 18.0. The highest BCUT2D eigenvalue weighted by Gasteiger charge is 2.75. The molecule has 0 bridgehead atoms. The van der Waals surface area contributed by atoms with Gasteiger partial charge in [-0.2, -0.15) is 18.4 Å². The van der Waals surface area contributed by atoms with E-state index in [1.807, 2.05) is 0 Å². The highest BCUT2D eigenvalue weighted by Crippen LogP contribution is 2.66. The van der Waals surface area contributed by atoms with Gasteiger partial charge >= 0.3 is 12.1 Å². The number of aliphatic carboxylic acids is 1. The molecule has 1 aromatic carbocycles. The van der Waals surface area contributed by atoms with Crippen LogP contribution in [0.1, 0.15) is 37.7 Å². The molecule has 0 spiro atoms. The Morgan fingerprint density at radius 3 is 2.28 bits per heavy atom. The van der Waals surface area contributed by atoms with Crippen LogP contribution < -0.4 is 10.6 Å². The number of anilines is 1. The number of methoxy groups -OCH3 is 1. The number of primary amides is 1. The van der Waals surface area contributed by atoms with Crippen molar-refractivity contribution in [2.24, 2.45) is 22.5 Å². The molecular formula is C24H26F5N3O6S. The minimum Gasteiger partial charge on any atom is -0.481 e. The molecule has 1 heterocycles. The van der Waals surface area contributed by atoms with Crippen LogP contribution in [0.15, 0.2) is 23.1 Å². The Balaban J connectivity index is 1.73. The van der Waals surface area contributed by atoms with E-state index >= 15 is 0 Å². The van der Waals surface area contributed by atoms with Crippen LogP contribution in [0.2, 0.25) is 0 Å². The summed E-state index contributed by atoms with van der Waals surface area (Å²) in [5.41, 5.74) is -0.170. The Morgan fingerprint density at radius 2 is 1.82 bits per heavy atom. The molecule has 1 amide bonds. The van der Waals surface area contributed by atoms with Gasteiger partial charge in [0.25, 0.3) is 5.92 Å². The molecule has 1 aliphatic heterocycles. The fourth-order valence-electron chi connectivity index (χ4n) is 6.12. The predicted octanol–water partition coefficient (Wildman–Crippen LogP) is 2.98. The Morgan fingerprint density at radius 1 is 1.21 bits per heavy atom. The number of benzene rings is 1. The molecule has 3 fully saturated rings. The van der Waals surface area contributed by atoms with E-state index in [4.69, 9.17) is 10.5 Å². The van der Waals surface area contributed by atoms with Gasteiger partial charge in [-0.1, -0.05) is 0 Å². The molecule has 214 valence electrons. The number of hydrogen-bond donors (Lipinski definition) is 2.